The zero-order valence-electron chi connectivity index (χ0n) is 9.28. The summed E-state index contributed by atoms with van der Waals surface area (Å²) in [4.78, 5) is 2.68. The topological polar surface area (TPSA) is 3.24 Å². The van der Waals surface area contributed by atoms with Gasteiger partial charge in [-0.2, -0.15) is 0 Å². The molecule has 1 fully saturated rings. The summed E-state index contributed by atoms with van der Waals surface area (Å²) in [5.41, 5.74) is 3.12. The standard InChI is InChI=1S/C14H19N/c1-2-8-14(9-3-1)15-10-12-6-4-5-7-13(12)11-15/h4-7,14H,1-3,8-11H2. The van der Waals surface area contributed by atoms with Gasteiger partial charge in [0, 0.05) is 19.1 Å². The van der Waals surface area contributed by atoms with Crippen LogP contribution in [0.25, 0.3) is 0 Å². The summed E-state index contributed by atoms with van der Waals surface area (Å²) in [5.74, 6) is 0. The molecule has 1 heteroatoms. The highest BCUT2D eigenvalue weighted by Gasteiger charge is 2.26. The molecule has 3 rings (SSSR count). The largest absolute Gasteiger partial charge is 0.292 e. The Labute approximate surface area is 92.1 Å². The Hall–Kier alpha value is -0.820. The Morgan fingerprint density at radius 1 is 0.867 bits per heavy atom. The summed E-state index contributed by atoms with van der Waals surface area (Å²) in [5, 5.41) is 0. The molecule has 0 unspecified atom stereocenters. The zero-order valence-corrected chi connectivity index (χ0v) is 9.28. The summed E-state index contributed by atoms with van der Waals surface area (Å²) >= 11 is 0. The third-order valence-corrected chi connectivity index (χ3v) is 3.96. The van der Waals surface area contributed by atoms with Gasteiger partial charge in [0.1, 0.15) is 0 Å². The Kier molecular flexibility index (Phi) is 2.49. The van der Waals surface area contributed by atoms with Crippen molar-refractivity contribution in [2.24, 2.45) is 0 Å². The first-order chi connectivity index (χ1) is 7.43. The molecular formula is C14H19N. The van der Waals surface area contributed by atoms with Gasteiger partial charge in [-0.05, 0) is 24.0 Å². The highest BCUT2D eigenvalue weighted by molar-refractivity contribution is 5.30. The molecule has 0 N–H and O–H groups in total. The van der Waals surface area contributed by atoms with E-state index in [4.69, 9.17) is 0 Å². The second kappa shape index (κ2) is 3.97. The number of nitrogens with zero attached hydrogens (tertiary/aromatic N) is 1. The molecule has 1 aromatic rings. The van der Waals surface area contributed by atoms with E-state index in [0.717, 1.165) is 6.04 Å². The minimum absolute atomic E-state index is 0.867. The smallest absolute Gasteiger partial charge is 0.0243 e. The predicted octanol–water partition coefficient (Wildman–Crippen LogP) is 3.33. The van der Waals surface area contributed by atoms with Crippen LogP contribution in [-0.2, 0) is 13.1 Å². The van der Waals surface area contributed by atoms with Crippen molar-refractivity contribution in [1.82, 2.24) is 4.90 Å². The Bertz CT molecular complexity index is 314. The van der Waals surface area contributed by atoms with Crippen molar-refractivity contribution in [1.29, 1.82) is 0 Å². The minimum Gasteiger partial charge on any atom is -0.292 e. The van der Waals surface area contributed by atoms with E-state index in [2.05, 4.69) is 29.2 Å². The molecule has 0 aromatic heterocycles. The maximum Gasteiger partial charge on any atom is 0.0243 e. The lowest BCUT2D eigenvalue weighted by molar-refractivity contribution is 0.156. The van der Waals surface area contributed by atoms with Gasteiger partial charge in [-0.15, -0.1) is 0 Å². The molecule has 1 aromatic carbocycles. The van der Waals surface area contributed by atoms with E-state index < -0.39 is 0 Å². The van der Waals surface area contributed by atoms with E-state index in [9.17, 15) is 0 Å². The van der Waals surface area contributed by atoms with E-state index in [1.165, 1.54) is 45.2 Å². The van der Waals surface area contributed by atoms with E-state index in [1.54, 1.807) is 11.1 Å². The van der Waals surface area contributed by atoms with Gasteiger partial charge in [-0.3, -0.25) is 4.90 Å². The zero-order chi connectivity index (χ0) is 10.1. The van der Waals surface area contributed by atoms with Crippen molar-refractivity contribution in [3.63, 3.8) is 0 Å². The number of fused-ring (bicyclic) bond motifs is 1. The summed E-state index contributed by atoms with van der Waals surface area (Å²) in [7, 11) is 0. The van der Waals surface area contributed by atoms with E-state index in [1.807, 2.05) is 0 Å². The fourth-order valence-electron chi connectivity index (χ4n) is 3.06. The summed E-state index contributed by atoms with van der Waals surface area (Å²) < 4.78 is 0. The Morgan fingerprint density at radius 3 is 2.07 bits per heavy atom. The van der Waals surface area contributed by atoms with Crippen LogP contribution in [0.1, 0.15) is 43.2 Å². The van der Waals surface area contributed by atoms with Crippen LogP contribution < -0.4 is 0 Å². The number of rotatable bonds is 1. The first-order valence-electron chi connectivity index (χ1n) is 6.24. The monoisotopic (exact) mass is 201 g/mol. The molecule has 1 aliphatic heterocycles. The van der Waals surface area contributed by atoms with Crippen LogP contribution in [-0.4, -0.2) is 10.9 Å². The maximum atomic E-state index is 2.68. The van der Waals surface area contributed by atoms with Crippen LogP contribution in [0.4, 0.5) is 0 Å². The number of hydrogen-bond acceptors (Lipinski definition) is 1. The second-order valence-electron chi connectivity index (χ2n) is 4.97. The van der Waals surface area contributed by atoms with Gasteiger partial charge < -0.3 is 0 Å². The molecule has 15 heavy (non-hydrogen) atoms. The third-order valence-electron chi connectivity index (χ3n) is 3.96. The molecule has 0 spiro atoms. The summed E-state index contributed by atoms with van der Waals surface area (Å²) in [6.07, 6.45) is 7.19. The van der Waals surface area contributed by atoms with Gasteiger partial charge in [0.05, 0.1) is 0 Å². The molecule has 80 valence electrons. The Morgan fingerprint density at radius 2 is 1.47 bits per heavy atom. The first kappa shape index (κ1) is 9.41. The van der Waals surface area contributed by atoms with Crippen molar-refractivity contribution < 1.29 is 0 Å². The lowest BCUT2D eigenvalue weighted by Gasteiger charge is -2.30. The lowest BCUT2D eigenvalue weighted by Crippen LogP contribution is -2.32. The molecule has 2 aliphatic rings. The van der Waals surface area contributed by atoms with Gasteiger partial charge in [-0.25, -0.2) is 0 Å². The van der Waals surface area contributed by atoms with Crippen LogP contribution >= 0.6 is 0 Å². The first-order valence-corrected chi connectivity index (χ1v) is 6.24. The SMILES string of the molecule is c1ccc2c(c1)CN(C1CCCCC1)C2. The predicted molar refractivity (Wildman–Crippen MR) is 62.6 cm³/mol. The van der Waals surface area contributed by atoms with Crippen molar-refractivity contribution in [2.75, 3.05) is 0 Å². The Balaban J connectivity index is 1.72. The van der Waals surface area contributed by atoms with Crippen molar-refractivity contribution in [3.8, 4) is 0 Å². The average molecular weight is 201 g/mol. The van der Waals surface area contributed by atoms with E-state index >= 15 is 0 Å². The van der Waals surface area contributed by atoms with Gasteiger partial charge in [-0.1, -0.05) is 43.5 Å². The van der Waals surface area contributed by atoms with E-state index in [-0.39, 0.29) is 0 Å². The quantitative estimate of drug-likeness (QED) is 0.673. The molecule has 0 amide bonds. The summed E-state index contributed by atoms with van der Waals surface area (Å²) in [6, 6.07) is 9.79. The van der Waals surface area contributed by atoms with Gasteiger partial charge >= 0.3 is 0 Å². The fraction of sp³-hybridized carbons (Fsp3) is 0.571. The molecule has 1 saturated carbocycles. The number of hydrogen-bond donors (Lipinski definition) is 0. The van der Waals surface area contributed by atoms with Crippen molar-refractivity contribution >= 4 is 0 Å². The maximum absolute atomic E-state index is 2.68. The minimum atomic E-state index is 0.867. The third kappa shape index (κ3) is 1.81. The van der Waals surface area contributed by atoms with Crippen LogP contribution in [0, 0.1) is 0 Å². The van der Waals surface area contributed by atoms with Gasteiger partial charge in [0.15, 0.2) is 0 Å². The van der Waals surface area contributed by atoms with Crippen LogP contribution in [0.15, 0.2) is 24.3 Å². The lowest BCUT2D eigenvalue weighted by atomic mass is 9.94. The van der Waals surface area contributed by atoms with Gasteiger partial charge in [0.25, 0.3) is 0 Å². The molecule has 1 heterocycles. The van der Waals surface area contributed by atoms with Crippen molar-refractivity contribution in [3.05, 3.63) is 35.4 Å². The highest BCUT2D eigenvalue weighted by atomic mass is 15.2. The molecule has 0 saturated heterocycles. The molecule has 0 atom stereocenters. The van der Waals surface area contributed by atoms with Crippen LogP contribution in [0.5, 0.6) is 0 Å². The summed E-state index contributed by atoms with van der Waals surface area (Å²) in [6.45, 7) is 2.39. The van der Waals surface area contributed by atoms with Crippen molar-refractivity contribution in [2.45, 2.75) is 51.2 Å². The van der Waals surface area contributed by atoms with Gasteiger partial charge in [0.2, 0.25) is 0 Å². The normalized spacial score (nSPS) is 22.9. The number of benzene rings is 1. The van der Waals surface area contributed by atoms with E-state index in [0.29, 0.717) is 0 Å². The fourth-order valence-corrected chi connectivity index (χ4v) is 3.06. The molecule has 1 aliphatic carbocycles. The second-order valence-corrected chi connectivity index (χ2v) is 4.97. The van der Waals surface area contributed by atoms with Crippen LogP contribution in [0.2, 0.25) is 0 Å². The molecule has 0 radical (unpaired) electrons. The average Bonchev–Trinajstić information content (AvgIpc) is 2.74. The highest BCUT2D eigenvalue weighted by Crippen LogP contribution is 2.30. The molecule has 1 nitrogen and oxygen atoms in total. The van der Waals surface area contributed by atoms with Crippen LogP contribution in [0.3, 0.4) is 0 Å². The molecular weight excluding hydrogens is 182 g/mol. The molecule has 0 bridgehead atoms.